The average Bonchev–Trinajstić information content (AvgIpc) is 2.08. The molecule has 0 spiro atoms. The summed E-state index contributed by atoms with van der Waals surface area (Å²) in [7, 11) is 0. The van der Waals surface area contributed by atoms with Crippen LogP contribution in [0.3, 0.4) is 0 Å². The molecule has 0 aliphatic carbocycles. The normalized spacial score (nSPS) is 10.8. The summed E-state index contributed by atoms with van der Waals surface area (Å²) in [5, 5.41) is 0. The van der Waals surface area contributed by atoms with Crippen molar-refractivity contribution in [3.8, 4) is 0 Å². The quantitative estimate of drug-likeness (QED) is 0.688. The maximum atomic E-state index is 5.48. The molecule has 72 valence electrons. The van der Waals surface area contributed by atoms with Crippen LogP contribution in [0.2, 0.25) is 0 Å². The van der Waals surface area contributed by atoms with E-state index in [2.05, 4.69) is 45.0 Å². The third-order valence-electron chi connectivity index (χ3n) is 1.96. The van der Waals surface area contributed by atoms with Crippen molar-refractivity contribution in [2.24, 2.45) is 0 Å². The lowest BCUT2D eigenvalue weighted by atomic mass is 10.1. The van der Waals surface area contributed by atoms with Crippen LogP contribution in [-0.2, 0) is 11.2 Å². The van der Waals surface area contributed by atoms with Crippen molar-refractivity contribution in [1.82, 2.24) is 0 Å². The van der Waals surface area contributed by atoms with Crippen LogP contribution in [0.15, 0.2) is 24.3 Å². The zero-order chi connectivity index (χ0) is 9.68. The molecule has 0 fully saturated rings. The molecule has 0 aliphatic rings. The molecule has 1 rings (SSSR count). The minimum atomic E-state index is 0.338. The van der Waals surface area contributed by atoms with Gasteiger partial charge in [0.05, 0.1) is 12.7 Å². The molecule has 0 N–H and O–H groups in total. The summed E-state index contributed by atoms with van der Waals surface area (Å²) in [6.45, 7) is 7.05. The summed E-state index contributed by atoms with van der Waals surface area (Å²) in [4.78, 5) is 0. The molecule has 0 radical (unpaired) electrons. The Morgan fingerprint density at radius 3 is 2.31 bits per heavy atom. The largest absolute Gasteiger partial charge is 0.378 e. The summed E-state index contributed by atoms with van der Waals surface area (Å²) in [5.74, 6) is 0. The number of hydrogen-bond donors (Lipinski definition) is 0. The lowest BCUT2D eigenvalue weighted by Gasteiger charge is -2.07. The first-order valence-electron chi connectivity index (χ1n) is 4.85. The Bertz CT molecular complexity index is 236. The van der Waals surface area contributed by atoms with E-state index in [-0.39, 0.29) is 0 Å². The highest BCUT2D eigenvalue weighted by molar-refractivity contribution is 5.21. The Balaban J connectivity index is 2.33. The number of aryl methyl sites for hydroxylation is 1. The summed E-state index contributed by atoms with van der Waals surface area (Å²) in [6, 6.07) is 8.62. The van der Waals surface area contributed by atoms with Gasteiger partial charge in [0.2, 0.25) is 0 Å². The van der Waals surface area contributed by atoms with Gasteiger partial charge in [-0.25, -0.2) is 0 Å². The monoisotopic (exact) mass is 178 g/mol. The van der Waals surface area contributed by atoms with Gasteiger partial charge in [-0.2, -0.15) is 0 Å². The second-order valence-electron chi connectivity index (χ2n) is 3.66. The van der Waals surface area contributed by atoms with Crippen molar-refractivity contribution in [3.63, 3.8) is 0 Å². The van der Waals surface area contributed by atoms with Crippen LogP contribution >= 0.6 is 0 Å². The smallest absolute Gasteiger partial charge is 0.0519 e. The van der Waals surface area contributed by atoms with Gasteiger partial charge < -0.3 is 4.74 Å². The van der Waals surface area contributed by atoms with E-state index < -0.39 is 0 Å². The predicted molar refractivity (Wildman–Crippen MR) is 56.0 cm³/mol. The third-order valence-corrected chi connectivity index (χ3v) is 1.96. The van der Waals surface area contributed by atoms with Gasteiger partial charge in [-0.3, -0.25) is 0 Å². The molecule has 0 atom stereocenters. The standard InChI is InChI=1S/C12H18O/c1-10(2)13-9-8-12-6-4-11(3)5-7-12/h4-7,10H,8-9H2,1-3H3. The second-order valence-corrected chi connectivity index (χ2v) is 3.66. The van der Waals surface area contributed by atoms with Gasteiger partial charge in [0.1, 0.15) is 0 Å². The third kappa shape index (κ3) is 4.09. The van der Waals surface area contributed by atoms with E-state index in [0.29, 0.717) is 6.10 Å². The molecule has 0 saturated heterocycles. The number of hydrogen-bond acceptors (Lipinski definition) is 1. The summed E-state index contributed by atoms with van der Waals surface area (Å²) >= 11 is 0. The summed E-state index contributed by atoms with van der Waals surface area (Å²) in [5.41, 5.74) is 2.67. The molecule has 0 saturated carbocycles. The number of ether oxygens (including phenoxy) is 1. The fraction of sp³-hybridized carbons (Fsp3) is 0.500. The molecule has 1 aromatic carbocycles. The van der Waals surface area contributed by atoms with Crippen LogP contribution in [-0.4, -0.2) is 12.7 Å². The molecule has 0 heterocycles. The second kappa shape index (κ2) is 5.03. The predicted octanol–water partition coefficient (Wildman–Crippen LogP) is 2.96. The summed E-state index contributed by atoms with van der Waals surface area (Å²) < 4.78 is 5.48. The van der Waals surface area contributed by atoms with E-state index in [1.165, 1.54) is 11.1 Å². The minimum Gasteiger partial charge on any atom is -0.378 e. The molecule has 0 aliphatic heterocycles. The van der Waals surface area contributed by atoms with Crippen LogP contribution in [0.5, 0.6) is 0 Å². The SMILES string of the molecule is Cc1ccc(CCOC(C)C)cc1. The molecule has 13 heavy (non-hydrogen) atoms. The van der Waals surface area contributed by atoms with Gasteiger partial charge >= 0.3 is 0 Å². The summed E-state index contributed by atoms with van der Waals surface area (Å²) in [6.07, 6.45) is 1.35. The Morgan fingerprint density at radius 2 is 1.77 bits per heavy atom. The van der Waals surface area contributed by atoms with Gasteiger partial charge in [0.15, 0.2) is 0 Å². The van der Waals surface area contributed by atoms with E-state index in [0.717, 1.165) is 13.0 Å². The van der Waals surface area contributed by atoms with Crippen molar-refractivity contribution in [2.45, 2.75) is 33.3 Å². The van der Waals surface area contributed by atoms with Crippen molar-refractivity contribution in [3.05, 3.63) is 35.4 Å². The van der Waals surface area contributed by atoms with E-state index in [1.807, 2.05) is 0 Å². The maximum absolute atomic E-state index is 5.48. The van der Waals surface area contributed by atoms with E-state index in [9.17, 15) is 0 Å². The molecule has 0 amide bonds. The van der Waals surface area contributed by atoms with Gasteiger partial charge in [0.25, 0.3) is 0 Å². The molecule has 1 heteroatoms. The molecule has 1 aromatic rings. The van der Waals surface area contributed by atoms with E-state index in [1.54, 1.807) is 0 Å². The molecular formula is C12H18O. The Hall–Kier alpha value is -0.820. The van der Waals surface area contributed by atoms with Gasteiger partial charge in [-0.15, -0.1) is 0 Å². The first-order valence-corrected chi connectivity index (χ1v) is 4.85. The maximum Gasteiger partial charge on any atom is 0.0519 e. The van der Waals surface area contributed by atoms with Gasteiger partial charge in [-0.1, -0.05) is 29.8 Å². The van der Waals surface area contributed by atoms with Gasteiger partial charge in [0, 0.05) is 0 Å². The van der Waals surface area contributed by atoms with Crippen LogP contribution < -0.4 is 0 Å². The lowest BCUT2D eigenvalue weighted by molar-refractivity contribution is 0.0813. The Kier molecular flexibility index (Phi) is 3.97. The molecule has 0 aromatic heterocycles. The molecule has 1 nitrogen and oxygen atoms in total. The van der Waals surface area contributed by atoms with Crippen LogP contribution in [0.1, 0.15) is 25.0 Å². The highest BCUT2D eigenvalue weighted by Gasteiger charge is 1.95. The van der Waals surface area contributed by atoms with E-state index >= 15 is 0 Å². The molecule has 0 unspecified atom stereocenters. The Labute approximate surface area is 80.7 Å². The lowest BCUT2D eigenvalue weighted by Crippen LogP contribution is -2.05. The van der Waals surface area contributed by atoms with Crippen LogP contribution in [0, 0.1) is 6.92 Å². The van der Waals surface area contributed by atoms with Crippen molar-refractivity contribution in [1.29, 1.82) is 0 Å². The first kappa shape index (κ1) is 10.3. The fourth-order valence-electron chi connectivity index (χ4n) is 1.17. The van der Waals surface area contributed by atoms with E-state index in [4.69, 9.17) is 4.74 Å². The topological polar surface area (TPSA) is 9.23 Å². The zero-order valence-corrected chi connectivity index (χ0v) is 8.71. The average molecular weight is 178 g/mol. The fourth-order valence-corrected chi connectivity index (χ4v) is 1.17. The van der Waals surface area contributed by atoms with Crippen molar-refractivity contribution < 1.29 is 4.74 Å². The highest BCUT2D eigenvalue weighted by atomic mass is 16.5. The minimum absolute atomic E-state index is 0.338. The molecular weight excluding hydrogens is 160 g/mol. The zero-order valence-electron chi connectivity index (χ0n) is 8.71. The Morgan fingerprint density at radius 1 is 1.15 bits per heavy atom. The number of rotatable bonds is 4. The number of benzene rings is 1. The van der Waals surface area contributed by atoms with Crippen molar-refractivity contribution in [2.75, 3.05) is 6.61 Å². The van der Waals surface area contributed by atoms with Crippen LogP contribution in [0.4, 0.5) is 0 Å². The molecule has 0 bridgehead atoms. The first-order chi connectivity index (χ1) is 6.18. The highest BCUT2D eigenvalue weighted by Crippen LogP contribution is 2.04. The van der Waals surface area contributed by atoms with Crippen molar-refractivity contribution >= 4 is 0 Å². The van der Waals surface area contributed by atoms with Gasteiger partial charge in [-0.05, 0) is 32.8 Å². The van der Waals surface area contributed by atoms with Crippen LogP contribution in [0.25, 0.3) is 0 Å².